The van der Waals surface area contributed by atoms with Crippen LogP contribution >= 0.6 is 0 Å². The summed E-state index contributed by atoms with van der Waals surface area (Å²) in [5.74, 6) is -0.947. The summed E-state index contributed by atoms with van der Waals surface area (Å²) in [6.07, 6.45) is 0.322. The first kappa shape index (κ1) is 30.6. The Hall–Kier alpha value is -2.84. The molecule has 7 nitrogen and oxygen atoms in total. The number of halogens is 4. The van der Waals surface area contributed by atoms with Crippen molar-refractivity contribution in [2.24, 2.45) is 5.41 Å². The molecule has 3 aromatic rings. The van der Waals surface area contributed by atoms with Crippen LogP contribution in [0.1, 0.15) is 54.5 Å². The van der Waals surface area contributed by atoms with Gasteiger partial charge in [-0.3, -0.25) is 9.78 Å². The number of aromatic nitrogens is 3. The standard InChI is InChI=1S/C29H33F4N5O2SSi/c1-27(2,3)42(4,5)36-41(40)37-13-11-20-15-25-19(17-35-38(25)23-8-6-22(30)7-9-23)16-28(20,18-37)26(39)24-14-21(10-12-34-24)29(31,32)33/h6-10,12,14-15,17,36H,11,13,16,18H2,1-5H3/t28-,41?/m0/s1. The van der Waals surface area contributed by atoms with Gasteiger partial charge in [-0.2, -0.15) is 22.7 Å². The molecule has 1 unspecified atom stereocenters. The van der Waals surface area contributed by atoms with E-state index < -0.39 is 42.7 Å². The second-order valence-corrected chi connectivity index (χ2v) is 19.0. The van der Waals surface area contributed by atoms with Gasteiger partial charge in [0.15, 0.2) is 14.0 Å². The van der Waals surface area contributed by atoms with E-state index in [1.807, 2.05) is 6.08 Å². The fourth-order valence-corrected chi connectivity index (χ4v) is 9.24. The number of carbonyl (C=O) groups is 1. The molecule has 1 fully saturated rings. The third kappa shape index (κ3) is 5.60. The molecule has 224 valence electrons. The molecule has 0 bridgehead atoms. The number of Topliss-reactive ketones (excluding diaryl/α,β-unsaturated/α-hetero) is 1. The van der Waals surface area contributed by atoms with E-state index in [2.05, 4.69) is 48.3 Å². The number of pyridine rings is 1. The highest BCUT2D eigenvalue weighted by Crippen LogP contribution is 2.47. The molecular formula is C29H33F4N5O2SSi. The first-order valence-corrected chi connectivity index (χ1v) is 17.7. The number of rotatable bonds is 6. The Morgan fingerprint density at radius 2 is 1.83 bits per heavy atom. The van der Waals surface area contributed by atoms with Crippen molar-refractivity contribution in [1.82, 2.24) is 23.5 Å². The SMILES string of the molecule is CC(C)(C)[Si](C)(C)N[S+]([O-])N1CCC2=Cc3c(cnn3-c3ccc(F)cc3)C[C@]2(C(=O)c2cc(C(F)(F)F)ccn2)C1. The third-order valence-electron chi connectivity index (χ3n) is 8.66. The van der Waals surface area contributed by atoms with Crippen molar-refractivity contribution in [2.45, 2.75) is 57.9 Å². The lowest BCUT2D eigenvalue weighted by atomic mass is 9.65. The zero-order valence-corrected chi connectivity index (χ0v) is 25.9. The van der Waals surface area contributed by atoms with Crippen LogP contribution in [0.5, 0.6) is 0 Å². The highest BCUT2D eigenvalue weighted by molar-refractivity contribution is 7.88. The average molecular weight is 620 g/mol. The van der Waals surface area contributed by atoms with Gasteiger partial charge in [-0.1, -0.05) is 39.4 Å². The van der Waals surface area contributed by atoms with Crippen molar-refractivity contribution in [3.8, 4) is 5.69 Å². The number of carbonyl (C=O) groups excluding carboxylic acids is 1. The lowest BCUT2D eigenvalue weighted by Crippen LogP contribution is -2.61. The van der Waals surface area contributed by atoms with Crippen LogP contribution in [-0.2, 0) is 24.1 Å². The van der Waals surface area contributed by atoms with Crippen LogP contribution in [0.15, 0.2) is 54.4 Å². The number of fused-ring (bicyclic) bond motifs is 2. The zero-order chi connectivity index (χ0) is 30.7. The van der Waals surface area contributed by atoms with Crippen molar-refractivity contribution < 1.29 is 26.9 Å². The van der Waals surface area contributed by atoms with E-state index in [0.717, 1.165) is 18.3 Å². The monoisotopic (exact) mass is 619 g/mol. The number of nitrogens with one attached hydrogen (secondary N) is 1. The van der Waals surface area contributed by atoms with Gasteiger partial charge in [-0.05, 0) is 65.9 Å². The Kier molecular flexibility index (Phi) is 7.80. The van der Waals surface area contributed by atoms with Gasteiger partial charge in [0.2, 0.25) is 0 Å². The molecule has 13 heteroatoms. The Morgan fingerprint density at radius 3 is 2.48 bits per heavy atom. The van der Waals surface area contributed by atoms with E-state index in [1.165, 1.54) is 12.1 Å². The smallest absolute Gasteiger partial charge is 0.416 e. The summed E-state index contributed by atoms with van der Waals surface area (Å²) in [5, 5.41) is 4.38. The quantitative estimate of drug-likeness (QED) is 0.155. The van der Waals surface area contributed by atoms with E-state index in [-0.39, 0.29) is 29.5 Å². The number of ketones is 1. The summed E-state index contributed by atoms with van der Waals surface area (Å²) in [7, 11) is -2.20. The number of hydrogen-bond acceptors (Lipinski definition) is 6. The van der Waals surface area contributed by atoms with E-state index in [4.69, 9.17) is 0 Å². The summed E-state index contributed by atoms with van der Waals surface area (Å²) in [5.41, 5.74) is 0.200. The second kappa shape index (κ2) is 10.7. The first-order chi connectivity index (χ1) is 19.5. The van der Waals surface area contributed by atoms with Crippen molar-refractivity contribution in [3.63, 3.8) is 0 Å². The Balaban J connectivity index is 1.57. The minimum atomic E-state index is -4.64. The summed E-state index contributed by atoms with van der Waals surface area (Å²) in [4.78, 5) is 18.4. The van der Waals surface area contributed by atoms with Gasteiger partial charge < -0.3 is 4.55 Å². The molecule has 1 aliphatic carbocycles. The zero-order valence-electron chi connectivity index (χ0n) is 24.1. The van der Waals surface area contributed by atoms with E-state index >= 15 is 0 Å². The van der Waals surface area contributed by atoms with Crippen molar-refractivity contribution in [2.75, 3.05) is 13.1 Å². The molecule has 1 aromatic carbocycles. The molecule has 2 atom stereocenters. The van der Waals surface area contributed by atoms with E-state index in [0.29, 0.717) is 35.5 Å². The minimum absolute atomic E-state index is 0.0327. The number of hydrogen-bond donors (Lipinski definition) is 1. The Bertz CT molecular complexity index is 1530. The van der Waals surface area contributed by atoms with Crippen LogP contribution < -0.4 is 4.39 Å². The van der Waals surface area contributed by atoms with Crippen molar-refractivity contribution in [3.05, 3.63) is 82.7 Å². The molecule has 0 amide bonds. The maximum atomic E-state index is 14.3. The van der Waals surface area contributed by atoms with Crippen molar-refractivity contribution in [1.29, 1.82) is 0 Å². The van der Waals surface area contributed by atoms with Gasteiger partial charge in [-0.25, -0.2) is 9.07 Å². The molecule has 2 aromatic heterocycles. The van der Waals surface area contributed by atoms with Gasteiger partial charge in [0.1, 0.15) is 23.1 Å². The lowest BCUT2D eigenvalue weighted by molar-refractivity contribution is -0.137. The maximum absolute atomic E-state index is 14.3. The van der Waals surface area contributed by atoms with Crippen LogP contribution in [0.4, 0.5) is 17.6 Å². The van der Waals surface area contributed by atoms with Crippen LogP contribution in [0, 0.1) is 11.2 Å². The fourth-order valence-electron chi connectivity index (χ4n) is 5.16. The molecule has 1 saturated heterocycles. The van der Waals surface area contributed by atoms with Crippen molar-refractivity contribution >= 4 is 31.6 Å². The molecule has 1 aliphatic heterocycles. The van der Waals surface area contributed by atoms with E-state index in [9.17, 15) is 26.9 Å². The van der Waals surface area contributed by atoms with Gasteiger partial charge in [0, 0.05) is 6.20 Å². The predicted octanol–water partition coefficient (Wildman–Crippen LogP) is 6.11. The molecule has 0 saturated carbocycles. The number of benzene rings is 1. The normalized spacial score (nSPS) is 20.5. The summed E-state index contributed by atoms with van der Waals surface area (Å²) in [6, 6.07) is 7.47. The molecule has 3 heterocycles. The highest BCUT2D eigenvalue weighted by Gasteiger charge is 2.53. The third-order valence-corrected chi connectivity index (χ3v) is 15.9. The number of nitrogens with zero attached hydrogens (tertiary/aromatic N) is 4. The molecule has 5 rings (SSSR count). The molecule has 2 aliphatic rings. The van der Waals surface area contributed by atoms with Crippen LogP contribution in [0.25, 0.3) is 11.8 Å². The largest absolute Gasteiger partial charge is 0.579 e. The van der Waals surface area contributed by atoms with Gasteiger partial charge in [0.25, 0.3) is 0 Å². The molecule has 1 N–H and O–H groups in total. The fraction of sp³-hybridized carbons (Fsp3) is 0.414. The second-order valence-electron chi connectivity index (χ2n) is 12.5. The van der Waals surface area contributed by atoms with Gasteiger partial charge >= 0.3 is 6.18 Å². The lowest BCUT2D eigenvalue weighted by Gasteiger charge is -2.45. The summed E-state index contributed by atoms with van der Waals surface area (Å²) in [6.45, 7) is 10.9. The first-order valence-electron chi connectivity index (χ1n) is 13.6. The number of piperidine rings is 1. The Morgan fingerprint density at radius 1 is 1.14 bits per heavy atom. The minimum Gasteiger partial charge on any atom is -0.579 e. The molecule has 42 heavy (non-hydrogen) atoms. The summed E-state index contributed by atoms with van der Waals surface area (Å²) >= 11 is -1.63. The highest BCUT2D eigenvalue weighted by atomic mass is 32.2. The van der Waals surface area contributed by atoms with E-state index in [1.54, 1.807) is 27.3 Å². The summed E-state index contributed by atoms with van der Waals surface area (Å²) < 4.78 is 74.7. The Labute approximate surface area is 246 Å². The van der Waals surface area contributed by atoms with Crippen LogP contribution in [0.3, 0.4) is 0 Å². The molecular weight excluding hydrogens is 586 g/mol. The van der Waals surface area contributed by atoms with Gasteiger partial charge in [-0.15, -0.1) is 4.31 Å². The topological polar surface area (TPSA) is 86.1 Å². The van der Waals surface area contributed by atoms with Crippen LogP contribution in [-0.4, -0.2) is 50.7 Å². The van der Waals surface area contributed by atoms with Gasteiger partial charge in [0.05, 0.1) is 41.6 Å². The molecule has 0 radical (unpaired) electrons. The molecule has 0 spiro atoms. The average Bonchev–Trinajstić information content (AvgIpc) is 3.32. The maximum Gasteiger partial charge on any atom is 0.416 e. The predicted molar refractivity (Wildman–Crippen MR) is 156 cm³/mol. The number of alkyl halides is 3. The van der Waals surface area contributed by atoms with Crippen LogP contribution in [0.2, 0.25) is 18.1 Å².